The molecule has 0 bridgehead atoms. The van der Waals surface area contributed by atoms with Crippen LogP contribution in [-0.4, -0.2) is 31.9 Å². The van der Waals surface area contributed by atoms with Crippen molar-refractivity contribution >= 4 is 46.4 Å². The number of imide groups is 1. The van der Waals surface area contributed by atoms with Crippen LogP contribution in [0.15, 0.2) is 77.5 Å². The first kappa shape index (κ1) is 23.8. The van der Waals surface area contributed by atoms with Gasteiger partial charge < -0.3 is 20.1 Å². The number of rotatable bonds is 7. The van der Waals surface area contributed by atoms with Gasteiger partial charge in [-0.05, 0) is 73.2 Å². The molecule has 0 aliphatic carbocycles. The third-order valence-corrected chi connectivity index (χ3v) is 5.82. The molecule has 0 fully saturated rings. The standard InChI is InChI=1S/C26H22ClN3O5/c1-15-4-5-16(24(31)28-17-6-10-19(34-2)11-7-17)14-21(15)29-23-22(27)25(32)30(26(23)33)18-8-12-20(35-3)13-9-18/h4-14,29H,1-3H3,(H,28,31). The summed E-state index contributed by atoms with van der Waals surface area (Å²) in [5.74, 6) is -0.319. The number of nitrogens with zero attached hydrogens (tertiary/aromatic N) is 1. The highest BCUT2D eigenvalue weighted by molar-refractivity contribution is 6.53. The number of aryl methyl sites for hydroxylation is 1. The fraction of sp³-hybridized carbons (Fsp3) is 0.115. The van der Waals surface area contributed by atoms with Gasteiger partial charge in [0.2, 0.25) is 0 Å². The summed E-state index contributed by atoms with van der Waals surface area (Å²) < 4.78 is 10.2. The molecule has 0 saturated carbocycles. The minimum absolute atomic E-state index is 0.0664. The second kappa shape index (κ2) is 9.90. The summed E-state index contributed by atoms with van der Waals surface area (Å²) in [6, 6.07) is 18.4. The van der Waals surface area contributed by atoms with E-state index in [2.05, 4.69) is 10.6 Å². The molecule has 8 nitrogen and oxygen atoms in total. The molecule has 35 heavy (non-hydrogen) atoms. The fourth-order valence-corrected chi connectivity index (χ4v) is 3.70. The van der Waals surface area contributed by atoms with E-state index in [1.165, 1.54) is 7.11 Å². The van der Waals surface area contributed by atoms with Gasteiger partial charge >= 0.3 is 0 Å². The zero-order valence-electron chi connectivity index (χ0n) is 19.2. The summed E-state index contributed by atoms with van der Waals surface area (Å²) >= 11 is 6.25. The third kappa shape index (κ3) is 4.83. The van der Waals surface area contributed by atoms with E-state index in [0.29, 0.717) is 34.1 Å². The second-order valence-corrected chi connectivity index (χ2v) is 8.05. The first-order valence-corrected chi connectivity index (χ1v) is 11.0. The van der Waals surface area contributed by atoms with Gasteiger partial charge in [-0.1, -0.05) is 17.7 Å². The molecule has 0 aromatic heterocycles. The number of carbonyl (C=O) groups is 3. The number of methoxy groups -OCH3 is 2. The minimum Gasteiger partial charge on any atom is -0.497 e. The van der Waals surface area contributed by atoms with Gasteiger partial charge in [-0.2, -0.15) is 0 Å². The van der Waals surface area contributed by atoms with Gasteiger partial charge in [0, 0.05) is 16.9 Å². The third-order valence-electron chi connectivity index (χ3n) is 5.47. The molecule has 2 N–H and O–H groups in total. The fourth-order valence-electron chi connectivity index (χ4n) is 3.49. The van der Waals surface area contributed by atoms with E-state index in [1.807, 2.05) is 6.92 Å². The highest BCUT2D eigenvalue weighted by Crippen LogP contribution is 2.32. The van der Waals surface area contributed by atoms with Crippen LogP contribution in [0.25, 0.3) is 0 Å². The van der Waals surface area contributed by atoms with E-state index >= 15 is 0 Å². The molecule has 0 atom stereocenters. The minimum atomic E-state index is -0.643. The van der Waals surface area contributed by atoms with Gasteiger partial charge in [0.15, 0.2) is 0 Å². The van der Waals surface area contributed by atoms with Gasteiger partial charge in [0.25, 0.3) is 17.7 Å². The molecule has 178 valence electrons. The molecule has 1 heterocycles. The van der Waals surface area contributed by atoms with Crippen LogP contribution >= 0.6 is 11.6 Å². The van der Waals surface area contributed by atoms with Crippen LogP contribution in [0.1, 0.15) is 15.9 Å². The van der Waals surface area contributed by atoms with Gasteiger partial charge in [0.1, 0.15) is 22.2 Å². The van der Waals surface area contributed by atoms with Crippen molar-refractivity contribution in [2.75, 3.05) is 29.8 Å². The summed E-state index contributed by atoms with van der Waals surface area (Å²) in [7, 11) is 3.09. The number of nitrogens with one attached hydrogen (secondary N) is 2. The maximum atomic E-state index is 13.1. The van der Waals surface area contributed by atoms with Crippen LogP contribution in [0.4, 0.5) is 17.1 Å². The number of ether oxygens (including phenoxy) is 2. The predicted molar refractivity (Wildman–Crippen MR) is 134 cm³/mol. The Kier molecular flexibility index (Phi) is 6.75. The monoisotopic (exact) mass is 491 g/mol. The lowest BCUT2D eigenvalue weighted by atomic mass is 10.1. The van der Waals surface area contributed by atoms with Crippen molar-refractivity contribution in [2.45, 2.75) is 6.92 Å². The van der Waals surface area contributed by atoms with Crippen molar-refractivity contribution < 1.29 is 23.9 Å². The van der Waals surface area contributed by atoms with Crippen LogP contribution in [0, 0.1) is 6.92 Å². The van der Waals surface area contributed by atoms with Crippen LogP contribution < -0.4 is 25.0 Å². The molecular formula is C26H22ClN3O5. The van der Waals surface area contributed by atoms with E-state index in [1.54, 1.807) is 73.8 Å². The SMILES string of the molecule is COc1ccc(NC(=O)c2ccc(C)c(NC3=C(Cl)C(=O)N(c4ccc(OC)cc4)C3=O)c2)cc1. The topological polar surface area (TPSA) is 97.0 Å². The van der Waals surface area contributed by atoms with E-state index < -0.39 is 11.8 Å². The van der Waals surface area contributed by atoms with Gasteiger partial charge in [-0.15, -0.1) is 0 Å². The molecule has 1 aliphatic heterocycles. The largest absolute Gasteiger partial charge is 0.497 e. The summed E-state index contributed by atoms with van der Waals surface area (Å²) in [6.45, 7) is 1.81. The summed E-state index contributed by atoms with van der Waals surface area (Å²) in [6.07, 6.45) is 0. The average Bonchev–Trinajstić information content (AvgIpc) is 3.08. The smallest absolute Gasteiger partial charge is 0.283 e. The number of hydrogen-bond acceptors (Lipinski definition) is 6. The normalized spacial score (nSPS) is 13.2. The lowest BCUT2D eigenvalue weighted by Gasteiger charge is -2.16. The van der Waals surface area contributed by atoms with E-state index in [0.717, 1.165) is 10.5 Å². The van der Waals surface area contributed by atoms with Gasteiger partial charge in [-0.3, -0.25) is 14.4 Å². The Hall–Kier alpha value is -4.30. The lowest BCUT2D eigenvalue weighted by molar-refractivity contribution is -0.120. The molecule has 0 saturated heterocycles. The number of benzene rings is 3. The predicted octanol–water partition coefficient (Wildman–Crippen LogP) is 4.70. The van der Waals surface area contributed by atoms with Crippen molar-refractivity contribution in [1.29, 1.82) is 0 Å². The van der Waals surface area contributed by atoms with Crippen LogP contribution in [0.3, 0.4) is 0 Å². The quantitative estimate of drug-likeness (QED) is 0.465. The number of carbonyl (C=O) groups excluding carboxylic acids is 3. The Morgan fingerprint density at radius 3 is 2.06 bits per heavy atom. The Morgan fingerprint density at radius 1 is 0.857 bits per heavy atom. The number of amides is 3. The molecule has 1 aliphatic rings. The van der Waals surface area contributed by atoms with Crippen molar-refractivity contribution in [3.8, 4) is 11.5 Å². The Labute approximate surface area is 207 Å². The molecule has 3 amide bonds. The highest BCUT2D eigenvalue weighted by atomic mass is 35.5. The van der Waals surface area contributed by atoms with E-state index in [9.17, 15) is 14.4 Å². The molecule has 0 unspecified atom stereocenters. The Bertz CT molecular complexity index is 1330. The Balaban J connectivity index is 1.55. The van der Waals surface area contributed by atoms with Crippen molar-refractivity contribution in [3.05, 3.63) is 88.6 Å². The molecule has 9 heteroatoms. The van der Waals surface area contributed by atoms with Crippen molar-refractivity contribution in [3.63, 3.8) is 0 Å². The first-order chi connectivity index (χ1) is 16.8. The highest BCUT2D eigenvalue weighted by Gasteiger charge is 2.39. The molecular weight excluding hydrogens is 470 g/mol. The maximum absolute atomic E-state index is 13.1. The zero-order chi connectivity index (χ0) is 25.1. The van der Waals surface area contributed by atoms with E-state index in [-0.39, 0.29) is 16.6 Å². The maximum Gasteiger partial charge on any atom is 0.283 e. The van der Waals surface area contributed by atoms with Crippen molar-refractivity contribution in [2.24, 2.45) is 0 Å². The van der Waals surface area contributed by atoms with E-state index in [4.69, 9.17) is 21.1 Å². The van der Waals surface area contributed by atoms with Gasteiger partial charge in [-0.25, -0.2) is 4.90 Å². The van der Waals surface area contributed by atoms with Crippen molar-refractivity contribution in [1.82, 2.24) is 0 Å². The Morgan fingerprint density at radius 2 is 1.46 bits per heavy atom. The number of halogens is 1. The summed E-state index contributed by atoms with van der Waals surface area (Å²) in [4.78, 5) is 39.6. The zero-order valence-corrected chi connectivity index (χ0v) is 20.0. The first-order valence-electron chi connectivity index (χ1n) is 10.6. The van der Waals surface area contributed by atoms with Crippen LogP contribution in [0.5, 0.6) is 11.5 Å². The average molecular weight is 492 g/mol. The number of anilines is 3. The number of hydrogen-bond donors (Lipinski definition) is 2. The second-order valence-electron chi connectivity index (χ2n) is 7.67. The van der Waals surface area contributed by atoms with Crippen LogP contribution in [-0.2, 0) is 9.59 Å². The molecule has 4 rings (SSSR count). The summed E-state index contributed by atoms with van der Waals surface area (Å²) in [5.41, 5.74) is 2.48. The summed E-state index contributed by atoms with van der Waals surface area (Å²) in [5, 5.41) is 5.52. The lowest BCUT2D eigenvalue weighted by Crippen LogP contribution is -2.32. The molecule has 3 aromatic carbocycles. The molecule has 0 radical (unpaired) electrons. The van der Waals surface area contributed by atoms with Crippen LogP contribution in [0.2, 0.25) is 0 Å². The molecule has 3 aromatic rings. The van der Waals surface area contributed by atoms with Gasteiger partial charge in [0.05, 0.1) is 19.9 Å². The molecule has 0 spiro atoms.